The Balaban J connectivity index is 1.12. The fourth-order valence-corrected chi connectivity index (χ4v) is 8.23. The van der Waals surface area contributed by atoms with Crippen LogP contribution in [-0.2, 0) is 26.0 Å². The first-order chi connectivity index (χ1) is 23.2. The van der Waals surface area contributed by atoms with E-state index in [-0.39, 0.29) is 24.9 Å². The van der Waals surface area contributed by atoms with E-state index in [1.807, 2.05) is 46.0 Å². The van der Waals surface area contributed by atoms with Crippen LogP contribution in [0.3, 0.4) is 0 Å². The van der Waals surface area contributed by atoms with Crippen LogP contribution in [0.25, 0.3) is 0 Å². The molecular formula is C35H50N7O6S+. The third-order valence-corrected chi connectivity index (χ3v) is 11.3. The zero-order chi connectivity index (χ0) is 35.3. The molecule has 0 unspecified atom stereocenters. The Kier molecular flexibility index (Phi) is 11.3. The smallest absolute Gasteiger partial charge is 0.443 e. The molecule has 3 saturated heterocycles. The van der Waals surface area contributed by atoms with Gasteiger partial charge in [0.1, 0.15) is 5.60 Å². The number of piperidine rings is 2. The van der Waals surface area contributed by atoms with Crippen molar-refractivity contribution in [3.8, 4) is 0 Å². The van der Waals surface area contributed by atoms with Crippen LogP contribution in [0.4, 0.5) is 15.3 Å². The highest BCUT2D eigenvalue weighted by atomic mass is 32.2. The van der Waals surface area contributed by atoms with Crippen molar-refractivity contribution in [3.05, 3.63) is 59.2 Å². The molecule has 5 rings (SSSR count). The average molecular weight is 697 g/mol. The number of benzene rings is 2. The standard InChI is InChI=1S/C35H49N7O6S/c1-35(2,3)48-34(45)38-27-13-19-41(20-14-27)49(46,47)28-7-5-6-24(22-28)10-16-40-17-11-25(12-18-40)26-8-9-29(30(23-26)37-4)32(36)42-21-15-31(43)39-33(42)44/h5-9,22-23,25,27H,10-21H2,1-4H3,(H4,36,37,38,39,43,44,45)/p+1. The number of rotatable bonds is 9. The van der Waals surface area contributed by atoms with Gasteiger partial charge < -0.3 is 26.0 Å². The van der Waals surface area contributed by atoms with E-state index in [1.165, 1.54) is 14.4 Å². The highest BCUT2D eigenvalue weighted by molar-refractivity contribution is 7.89. The number of amidine groups is 1. The summed E-state index contributed by atoms with van der Waals surface area (Å²) in [5.74, 6) is 0.390. The summed E-state index contributed by atoms with van der Waals surface area (Å²) in [5.41, 5.74) is 9.55. The lowest BCUT2D eigenvalue weighted by Crippen LogP contribution is -2.48. The Morgan fingerprint density at radius 1 is 1.04 bits per heavy atom. The summed E-state index contributed by atoms with van der Waals surface area (Å²) in [6.45, 7) is 9.05. The number of urea groups is 1. The molecule has 0 aromatic heterocycles. The number of carbonyl (C=O) groups excluding carboxylic acids is 3. The van der Waals surface area contributed by atoms with Gasteiger partial charge in [-0.25, -0.2) is 23.3 Å². The largest absolute Gasteiger partial charge is 0.444 e. The van der Waals surface area contributed by atoms with Gasteiger partial charge in [0.05, 0.1) is 23.4 Å². The number of nitrogens with zero attached hydrogens (tertiary/aromatic N) is 3. The molecular weight excluding hydrogens is 646 g/mol. The first-order valence-electron chi connectivity index (χ1n) is 17.1. The van der Waals surface area contributed by atoms with Crippen LogP contribution in [0.5, 0.6) is 0 Å². The molecule has 13 nitrogen and oxygen atoms in total. The van der Waals surface area contributed by atoms with Crippen molar-refractivity contribution >= 4 is 39.6 Å². The first kappa shape index (κ1) is 36.3. The second kappa shape index (κ2) is 15.3. The van der Waals surface area contributed by atoms with E-state index in [2.05, 4.69) is 33.0 Å². The quantitative estimate of drug-likeness (QED) is 0.228. The molecule has 14 heteroatoms. The van der Waals surface area contributed by atoms with Gasteiger partial charge in [-0.15, -0.1) is 0 Å². The van der Waals surface area contributed by atoms with E-state index in [9.17, 15) is 22.8 Å². The third-order valence-electron chi connectivity index (χ3n) is 9.42. The number of likely N-dealkylation sites (tertiary alicyclic amines) is 1. The predicted octanol–water partition coefficient (Wildman–Crippen LogP) is 3.19. The Bertz CT molecular complexity index is 1690. The van der Waals surface area contributed by atoms with Crippen LogP contribution < -0.4 is 21.7 Å². The fourth-order valence-electron chi connectivity index (χ4n) is 6.69. The average Bonchev–Trinajstić information content (AvgIpc) is 3.06. The van der Waals surface area contributed by atoms with Gasteiger partial charge in [-0.2, -0.15) is 8.88 Å². The zero-order valence-electron chi connectivity index (χ0n) is 29.0. The summed E-state index contributed by atoms with van der Waals surface area (Å²) in [5, 5.41) is 8.40. The summed E-state index contributed by atoms with van der Waals surface area (Å²) in [6.07, 6.45) is 3.52. The number of nitrogens with one attached hydrogen (secondary N) is 3. The molecule has 4 amide bonds. The van der Waals surface area contributed by atoms with Crippen molar-refractivity contribution < 1.29 is 32.1 Å². The van der Waals surface area contributed by atoms with Crippen LogP contribution in [0, 0.1) is 0 Å². The van der Waals surface area contributed by atoms with Crippen LogP contribution in [0.1, 0.15) is 75.5 Å². The van der Waals surface area contributed by atoms with Gasteiger partial charge in [-0.3, -0.25) is 4.79 Å². The topological polar surface area (TPSA) is 166 Å². The van der Waals surface area contributed by atoms with Crippen LogP contribution in [0.15, 0.2) is 47.4 Å². The van der Waals surface area contributed by atoms with Gasteiger partial charge in [-0.05, 0) is 107 Å². The minimum absolute atomic E-state index is 0.123. The lowest BCUT2D eigenvalue weighted by atomic mass is 9.88. The van der Waals surface area contributed by atoms with Gasteiger partial charge in [0.25, 0.3) is 5.91 Å². The van der Waals surface area contributed by atoms with Gasteiger partial charge in [0.15, 0.2) is 0 Å². The van der Waals surface area contributed by atoms with Crippen molar-refractivity contribution in [1.82, 2.24) is 19.8 Å². The van der Waals surface area contributed by atoms with Crippen LogP contribution in [0.2, 0.25) is 0 Å². The summed E-state index contributed by atoms with van der Waals surface area (Å²) < 4.78 is 35.3. The second-order valence-electron chi connectivity index (χ2n) is 14.0. The number of alkyl carbamates (subject to hydrolysis) is 1. The molecule has 0 radical (unpaired) electrons. The molecule has 0 atom stereocenters. The maximum Gasteiger partial charge on any atom is 0.443 e. The summed E-state index contributed by atoms with van der Waals surface area (Å²) in [4.78, 5) is 38.8. The number of hydrogen-bond acceptors (Lipinski definition) is 8. The van der Waals surface area contributed by atoms with Gasteiger partial charge in [0.2, 0.25) is 15.9 Å². The molecule has 0 aliphatic carbocycles. The molecule has 3 aliphatic rings. The molecule has 0 spiro atoms. The van der Waals surface area contributed by atoms with E-state index in [0.717, 1.165) is 55.7 Å². The predicted molar refractivity (Wildman–Crippen MR) is 187 cm³/mol. The molecule has 266 valence electrons. The van der Waals surface area contributed by atoms with Gasteiger partial charge >= 0.3 is 12.1 Å². The van der Waals surface area contributed by atoms with Crippen molar-refractivity contribution in [3.63, 3.8) is 0 Å². The molecule has 0 saturated carbocycles. The maximum absolute atomic E-state index is 13.5. The molecule has 49 heavy (non-hydrogen) atoms. The zero-order valence-corrected chi connectivity index (χ0v) is 29.8. The number of amides is 4. The van der Waals surface area contributed by atoms with Crippen molar-refractivity contribution in [2.75, 3.05) is 51.6 Å². The van der Waals surface area contributed by atoms with E-state index in [1.54, 1.807) is 12.1 Å². The maximum atomic E-state index is 13.5. The first-order valence-corrected chi connectivity index (χ1v) is 18.5. The molecule has 0 bridgehead atoms. The Hall–Kier alpha value is -4.01. The van der Waals surface area contributed by atoms with Crippen LogP contribution in [-0.4, -0.2) is 104 Å². The molecule has 2 aromatic carbocycles. The fraction of sp³-hybridized carbons (Fsp3) is 0.543. The highest BCUT2D eigenvalue weighted by Gasteiger charge is 2.32. The summed E-state index contributed by atoms with van der Waals surface area (Å²) in [6, 6.07) is 12.7. The third kappa shape index (κ3) is 9.17. The Labute approximate surface area is 289 Å². The number of carbonyl (C=O) groups is 3. The van der Waals surface area contributed by atoms with Crippen LogP contribution >= 0.6 is 0 Å². The minimum atomic E-state index is -3.65. The van der Waals surface area contributed by atoms with E-state index >= 15 is 0 Å². The number of ether oxygens (including phenoxy) is 1. The van der Waals surface area contributed by atoms with E-state index in [0.29, 0.717) is 42.6 Å². The molecule has 3 heterocycles. The summed E-state index contributed by atoms with van der Waals surface area (Å²) in [7, 11) is -1.82. The Morgan fingerprint density at radius 3 is 2.41 bits per heavy atom. The Morgan fingerprint density at radius 2 is 1.76 bits per heavy atom. The molecule has 2 aromatic rings. The number of sulfonamides is 1. The van der Waals surface area contributed by atoms with Crippen molar-refractivity contribution in [2.24, 2.45) is 5.73 Å². The normalized spacial score (nSPS) is 20.1. The molecule has 3 aliphatic heterocycles. The van der Waals surface area contributed by atoms with E-state index < -0.39 is 27.7 Å². The SMILES string of the molecule is CNc1cc(C2CCN(CCc3cccc(S(=O)(=O)N4CCC(NC(=O)OC(C)(C)C)CC4)c3)CC2)ccc1/C(N)=[N+]1\CCC(=O)NC1=O. The van der Waals surface area contributed by atoms with E-state index in [4.69, 9.17) is 10.5 Å². The minimum Gasteiger partial charge on any atom is -0.444 e. The number of nitrogens with two attached hydrogens (primary N) is 1. The number of hydrogen-bond donors (Lipinski definition) is 4. The lowest BCUT2D eigenvalue weighted by molar-refractivity contribution is -0.432. The molecule has 5 N–H and O–H groups in total. The lowest BCUT2D eigenvalue weighted by Gasteiger charge is -2.33. The second-order valence-corrected chi connectivity index (χ2v) is 16.0. The summed E-state index contributed by atoms with van der Waals surface area (Å²) >= 11 is 0. The highest BCUT2D eigenvalue weighted by Crippen LogP contribution is 2.31. The van der Waals surface area contributed by atoms with Gasteiger partial charge in [-0.1, -0.05) is 18.2 Å². The number of imide groups is 1. The van der Waals surface area contributed by atoms with Gasteiger partial charge in [0, 0.05) is 38.4 Å². The van der Waals surface area contributed by atoms with Crippen molar-refractivity contribution in [2.45, 2.75) is 81.8 Å². The number of anilines is 1. The monoisotopic (exact) mass is 696 g/mol. The van der Waals surface area contributed by atoms with Crippen molar-refractivity contribution in [1.29, 1.82) is 0 Å². The molecule has 3 fully saturated rings.